The average Bonchev–Trinajstić information content (AvgIpc) is 2.22. The number of nitrogens with two attached hydrogens (primary N) is 1. The minimum Gasteiger partial charge on any atom is -0.396 e. The fraction of sp³-hybridized carbons (Fsp3) is 0.182. The second-order valence-corrected chi connectivity index (χ2v) is 3.22. The maximum Gasteiger partial charge on any atom is 0.255 e. The summed E-state index contributed by atoms with van der Waals surface area (Å²) in [4.78, 5) is 11.5. The Morgan fingerprint density at radius 2 is 2.19 bits per heavy atom. The first-order chi connectivity index (χ1) is 7.45. The highest BCUT2D eigenvalue weighted by Gasteiger charge is 2.16. The van der Waals surface area contributed by atoms with E-state index in [0.29, 0.717) is 0 Å². The molecule has 1 rings (SSSR count). The van der Waals surface area contributed by atoms with Gasteiger partial charge in [0.1, 0.15) is 5.82 Å². The molecule has 3 N–H and O–H groups in total. The molecule has 1 atom stereocenters. The van der Waals surface area contributed by atoms with E-state index in [9.17, 15) is 13.6 Å². The van der Waals surface area contributed by atoms with Crippen molar-refractivity contribution < 1.29 is 13.6 Å². The number of anilines is 1. The Labute approximate surface area is 91.6 Å². The van der Waals surface area contributed by atoms with Crippen LogP contribution in [0.15, 0.2) is 12.1 Å². The van der Waals surface area contributed by atoms with Gasteiger partial charge in [0.25, 0.3) is 5.91 Å². The first kappa shape index (κ1) is 12.0. The standard InChI is InChI=1S/C11H10F2N2O/c1-3-6(2)15-11(16)8-4-7(12)5-9(14)10(8)13/h1,4-6H,14H2,2H3,(H,15,16). The van der Waals surface area contributed by atoms with Crippen LogP contribution in [0.1, 0.15) is 17.3 Å². The number of nitrogen functional groups attached to an aromatic ring is 1. The minimum absolute atomic E-state index is 0.418. The van der Waals surface area contributed by atoms with E-state index in [1.54, 1.807) is 6.92 Å². The summed E-state index contributed by atoms with van der Waals surface area (Å²) in [5.74, 6) is -0.298. The van der Waals surface area contributed by atoms with Crippen LogP contribution in [-0.2, 0) is 0 Å². The highest BCUT2D eigenvalue weighted by Crippen LogP contribution is 2.17. The molecule has 0 saturated heterocycles. The molecular weight excluding hydrogens is 214 g/mol. The van der Waals surface area contributed by atoms with Crippen molar-refractivity contribution in [3.05, 3.63) is 29.3 Å². The molecule has 5 heteroatoms. The van der Waals surface area contributed by atoms with Gasteiger partial charge in [-0.15, -0.1) is 6.42 Å². The second-order valence-electron chi connectivity index (χ2n) is 3.22. The first-order valence-corrected chi connectivity index (χ1v) is 4.47. The Morgan fingerprint density at radius 3 is 2.75 bits per heavy atom. The fourth-order valence-electron chi connectivity index (χ4n) is 1.09. The van der Waals surface area contributed by atoms with E-state index in [1.807, 2.05) is 0 Å². The SMILES string of the molecule is C#CC(C)NC(=O)c1cc(F)cc(N)c1F. The van der Waals surface area contributed by atoms with E-state index in [4.69, 9.17) is 12.2 Å². The van der Waals surface area contributed by atoms with Crippen molar-refractivity contribution >= 4 is 11.6 Å². The van der Waals surface area contributed by atoms with Crippen LogP contribution in [-0.4, -0.2) is 11.9 Å². The number of hydrogen-bond acceptors (Lipinski definition) is 2. The third-order valence-electron chi connectivity index (χ3n) is 1.91. The van der Waals surface area contributed by atoms with Crippen LogP contribution in [0.2, 0.25) is 0 Å². The summed E-state index contributed by atoms with van der Waals surface area (Å²) in [6.07, 6.45) is 5.04. The third kappa shape index (κ3) is 2.48. The van der Waals surface area contributed by atoms with E-state index in [2.05, 4.69) is 11.2 Å². The Morgan fingerprint density at radius 1 is 1.56 bits per heavy atom. The van der Waals surface area contributed by atoms with Crippen molar-refractivity contribution in [1.82, 2.24) is 5.32 Å². The molecule has 1 unspecified atom stereocenters. The molecule has 0 spiro atoms. The summed E-state index contributed by atoms with van der Waals surface area (Å²) in [6.45, 7) is 1.54. The molecule has 1 amide bonds. The number of nitrogens with one attached hydrogen (secondary N) is 1. The predicted molar refractivity (Wildman–Crippen MR) is 56.5 cm³/mol. The van der Waals surface area contributed by atoms with Crippen molar-refractivity contribution in [2.45, 2.75) is 13.0 Å². The smallest absolute Gasteiger partial charge is 0.255 e. The highest BCUT2D eigenvalue weighted by atomic mass is 19.1. The van der Waals surface area contributed by atoms with Crippen molar-refractivity contribution in [1.29, 1.82) is 0 Å². The van der Waals surface area contributed by atoms with Gasteiger partial charge in [-0.25, -0.2) is 8.78 Å². The number of amides is 1. The summed E-state index contributed by atoms with van der Waals surface area (Å²) in [5.41, 5.74) is 4.31. The van der Waals surface area contributed by atoms with Gasteiger partial charge in [0.2, 0.25) is 0 Å². The van der Waals surface area contributed by atoms with Crippen LogP contribution in [0, 0.1) is 24.0 Å². The Kier molecular flexibility index (Phi) is 3.46. The lowest BCUT2D eigenvalue weighted by Gasteiger charge is -2.09. The molecule has 3 nitrogen and oxygen atoms in total. The molecule has 0 radical (unpaired) electrons. The van der Waals surface area contributed by atoms with Crippen LogP contribution < -0.4 is 11.1 Å². The molecule has 84 valence electrons. The molecule has 0 aliphatic heterocycles. The molecule has 1 aromatic rings. The highest BCUT2D eigenvalue weighted by molar-refractivity contribution is 5.95. The Balaban J connectivity index is 3.05. The van der Waals surface area contributed by atoms with Gasteiger partial charge in [-0.1, -0.05) is 5.92 Å². The third-order valence-corrected chi connectivity index (χ3v) is 1.91. The van der Waals surface area contributed by atoms with Crippen LogP contribution >= 0.6 is 0 Å². The molecule has 0 bridgehead atoms. The number of carbonyl (C=O) groups excluding carboxylic acids is 1. The molecule has 0 saturated carbocycles. The summed E-state index contributed by atoms with van der Waals surface area (Å²) >= 11 is 0. The summed E-state index contributed by atoms with van der Waals surface area (Å²) in [7, 11) is 0. The largest absolute Gasteiger partial charge is 0.396 e. The van der Waals surface area contributed by atoms with Gasteiger partial charge in [-0.05, 0) is 19.1 Å². The van der Waals surface area contributed by atoms with E-state index in [-0.39, 0.29) is 0 Å². The van der Waals surface area contributed by atoms with Gasteiger partial charge < -0.3 is 11.1 Å². The average molecular weight is 224 g/mol. The number of hydrogen-bond donors (Lipinski definition) is 2. The zero-order chi connectivity index (χ0) is 12.3. The van der Waals surface area contributed by atoms with E-state index in [1.165, 1.54) is 0 Å². The maximum absolute atomic E-state index is 13.4. The molecule has 16 heavy (non-hydrogen) atoms. The molecule has 0 aliphatic carbocycles. The van der Waals surface area contributed by atoms with Crippen molar-refractivity contribution in [3.63, 3.8) is 0 Å². The quantitative estimate of drug-likeness (QED) is 0.587. The van der Waals surface area contributed by atoms with Crippen molar-refractivity contribution in [2.24, 2.45) is 0 Å². The summed E-state index contributed by atoms with van der Waals surface area (Å²) in [5, 5.41) is 2.30. The van der Waals surface area contributed by atoms with Gasteiger partial charge in [-0.3, -0.25) is 4.79 Å². The number of halogens is 2. The molecule has 0 aromatic heterocycles. The number of rotatable bonds is 2. The van der Waals surface area contributed by atoms with Crippen molar-refractivity contribution in [3.8, 4) is 12.3 Å². The Hall–Kier alpha value is -2.09. The molecule has 0 aliphatic rings. The van der Waals surface area contributed by atoms with Crippen LogP contribution in [0.5, 0.6) is 0 Å². The zero-order valence-corrected chi connectivity index (χ0v) is 8.55. The van der Waals surface area contributed by atoms with Crippen LogP contribution in [0.25, 0.3) is 0 Å². The molecular formula is C11H10F2N2O. The monoisotopic (exact) mass is 224 g/mol. The molecule has 0 fully saturated rings. The summed E-state index contributed by atoms with van der Waals surface area (Å²) < 4.78 is 26.3. The minimum atomic E-state index is -0.955. The number of carbonyl (C=O) groups is 1. The van der Waals surface area contributed by atoms with Gasteiger partial charge in [-0.2, -0.15) is 0 Å². The molecule has 1 aromatic carbocycles. The lowest BCUT2D eigenvalue weighted by Crippen LogP contribution is -2.32. The summed E-state index contributed by atoms with van der Waals surface area (Å²) in [6, 6.07) is 0.998. The van der Waals surface area contributed by atoms with E-state index >= 15 is 0 Å². The van der Waals surface area contributed by atoms with E-state index in [0.717, 1.165) is 12.1 Å². The Bertz CT molecular complexity index is 466. The van der Waals surface area contributed by atoms with Crippen LogP contribution in [0.3, 0.4) is 0 Å². The van der Waals surface area contributed by atoms with Gasteiger partial charge >= 0.3 is 0 Å². The van der Waals surface area contributed by atoms with Gasteiger partial charge in [0.15, 0.2) is 5.82 Å². The molecule has 0 heterocycles. The number of benzene rings is 1. The van der Waals surface area contributed by atoms with Crippen molar-refractivity contribution in [2.75, 3.05) is 5.73 Å². The van der Waals surface area contributed by atoms with E-state index < -0.39 is 34.8 Å². The van der Waals surface area contributed by atoms with Crippen LogP contribution in [0.4, 0.5) is 14.5 Å². The topological polar surface area (TPSA) is 55.1 Å². The lowest BCUT2D eigenvalue weighted by atomic mass is 10.1. The number of terminal acetylenes is 1. The van der Waals surface area contributed by atoms with Gasteiger partial charge in [0.05, 0.1) is 17.3 Å². The first-order valence-electron chi connectivity index (χ1n) is 4.47. The maximum atomic E-state index is 13.4. The fourth-order valence-corrected chi connectivity index (χ4v) is 1.09. The lowest BCUT2D eigenvalue weighted by molar-refractivity contribution is 0.0943. The second kappa shape index (κ2) is 4.62. The predicted octanol–water partition coefficient (Wildman–Crippen LogP) is 1.30. The van der Waals surface area contributed by atoms with Gasteiger partial charge in [0, 0.05) is 0 Å². The zero-order valence-electron chi connectivity index (χ0n) is 8.55. The normalized spacial score (nSPS) is 11.6.